The highest BCUT2D eigenvalue weighted by Gasteiger charge is 2.22. The van der Waals surface area contributed by atoms with Crippen LogP contribution in [0.4, 0.5) is 5.82 Å². The summed E-state index contributed by atoms with van der Waals surface area (Å²) in [7, 11) is 1.65. The second kappa shape index (κ2) is 8.60. The SMILES string of the molecule is COc1cccc(-c2ccn(-c3nc(N4CCOCC4)c4oc(-c5ccccn5)cc4n3)n2)c1. The van der Waals surface area contributed by atoms with E-state index in [0.29, 0.717) is 36.0 Å². The summed E-state index contributed by atoms with van der Waals surface area (Å²) in [5.41, 5.74) is 3.83. The van der Waals surface area contributed by atoms with Crippen LogP contribution in [-0.2, 0) is 4.74 Å². The molecule has 6 rings (SSSR count). The Morgan fingerprint density at radius 1 is 0.941 bits per heavy atom. The number of nitrogens with zero attached hydrogens (tertiary/aromatic N) is 6. The first-order chi connectivity index (χ1) is 16.8. The molecule has 1 aliphatic rings. The first kappa shape index (κ1) is 20.4. The van der Waals surface area contributed by atoms with Crippen molar-refractivity contribution in [2.45, 2.75) is 0 Å². The Balaban J connectivity index is 1.45. The molecule has 9 heteroatoms. The van der Waals surface area contributed by atoms with E-state index >= 15 is 0 Å². The van der Waals surface area contributed by atoms with E-state index in [-0.39, 0.29) is 0 Å². The van der Waals surface area contributed by atoms with E-state index in [0.717, 1.165) is 41.6 Å². The van der Waals surface area contributed by atoms with Gasteiger partial charge in [-0.25, -0.2) is 9.67 Å². The number of ether oxygens (including phenoxy) is 2. The third-order valence-corrected chi connectivity index (χ3v) is 5.73. The summed E-state index contributed by atoms with van der Waals surface area (Å²) in [4.78, 5) is 16.2. The molecule has 1 aromatic carbocycles. The second-order valence-electron chi connectivity index (χ2n) is 7.86. The van der Waals surface area contributed by atoms with E-state index in [2.05, 4.69) is 9.88 Å². The highest BCUT2D eigenvalue weighted by Crippen LogP contribution is 2.32. The Labute approximate surface area is 195 Å². The fourth-order valence-corrected chi connectivity index (χ4v) is 4.00. The van der Waals surface area contributed by atoms with Gasteiger partial charge in [0.25, 0.3) is 5.95 Å². The van der Waals surface area contributed by atoms with Crippen LogP contribution in [0.25, 0.3) is 39.8 Å². The lowest BCUT2D eigenvalue weighted by Gasteiger charge is -2.27. The lowest BCUT2D eigenvalue weighted by molar-refractivity contribution is 0.122. The minimum absolute atomic E-state index is 0.469. The minimum Gasteiger partial charge on any atom is -0.497 e. The lowest BCUT2D eigenvalue weighted by Crippen LogP contribution is -2.37. The van der Waals surface area contributed by atoms with Gasteiger partial charge in [-0.3, -0.25) is 4.98 Å². The molecule has 0 unspecified atom stereocenters. The largest absolute Gasteiger partial charge is 0.497 e. The summed E-state index contributed by atoms with van der Waals surface area (Å²) >= 11 is 0. The van der Waals surface area contributed by atoms with Gasteiger partial charge < -0.3 is 18.8 Å². The molecule has 1 fully saturated rings. The average molecular weight is 454 g/mol. The first-order valence-corrected chi connectivity index (χ1v) is 11.0. The fraction of sp³-hybridized carbons (Fsp3) is 0.200. The van der Waals surface area contributed by atoms with E-state index in [9.17, 15) is 0 Å². The molecular weight excluding hydrogens is 432 g/mol. The van der Waals surface area contributed by atoms with Crippen LogP contribution in [0, 0.1) is 0 Å². The summed E-state index contributed by atoms with van der Waals surface area (Å²) < 4.78 is 18.8. The van der Waals surface area contributed by atoms with Gasteiger partial charge in [0, 0.05) is 37.1 Å². The molecule has 0 N–H and O–H groups in total. The minimum atomic E-state index is 0.469. The zero-order chi connectivity index (χ0) is 22.9. The number of anilines is 1. The molecule has 0 spiro atoms. The number of fused-ring (bicyclic) bond motifs is 1. The number of morpholine rings is 1. The van der Waals surface area contributed by atoms with Gasteiger partial charge >= 0.3 is 0 Å². The van der Waals surface area contributed by atoms with E-state index in [1.54, 1.807) is 18.0 Å². The second-order valence-corrected chi connectivity index (χ2v) is 7.86. The van der Waals surface area contributed by atoms with Crippen LogP contribution in [0.15, 0.2) is 71.4 Å². The smallest absolute Gasteiger partial charge is 0.253 e. The predicted octanol–water partition coefficient (Wildman–Crippen LogP) is 3.98. The molecule has 0 atom stereocenters. The van der Waals surface area contributed by atoms with Crippen molar-refractivity contribution in [2.75, 3.05) is 38.3 Å². The molecule has 9 nitrogen and oxygen atoms in total. The van der Waals surface area contributed by atoms with Crippen LogP contribution in [0.2, 0.25) is 0 Å². The van der Waals surface area contributed by atoms with Gasteiger partial charge in [-0.15, -0.1) is 0 Å². The summed E-state index contributed by atoms with van der Waals surface area (Å²) in [6.07, 6.45) is 3.60. The molecule has 0 aliphatic carbocycles. The molecule has 0 amide bonds. The van der Waals surface area contributed by atoms with Crippen LogP contribution in [0.5, 0.6) is 5.75 Å². The maximum absolute atomic E-state index is 6.22. The molecule has 1 saturated heterocycles. The van der Waals surface area contributed by atoms with E-state index in [1.807, 2.05) is 60.8 Å². The molecule has 4 aromatic heterocycles. The van der Waals surface area contributed by atoms with Crippen molar-refractivity contribution in [1.82, 2.24) is 24.7 Å². The van der Waals surface area contributed by atoms with Crippen molar-refractivity contribution in [3.05, 3.63) is 67.0 Å². The van der Waals surface area contributed by atoms with E-state index in [4.69, 9.17) is 29.0 Å². The van der Waals surface area contributed by atoms with Crippen LogP contribution >= 0.6 is 0 Å². The Hall–Kier alpha value is -4.24. The maximum Gasteiger partial charge on any atom is 0.253 e. The molecule has 170 valence electrons. The zero-order valence-corrected chi connectivity index (χ0v) is 18.6. The topological polar surface area (TPSA) is 91.3 Å². The molecule has 1 aliphatic heterocycles. The molecule has 0 radical (unpaired) electrons. The summed E-state index contributed by atoms with van der Waals surface area (Å²) in [5.74, 6) is 2.62. The number of hydrogen-bond donors (Lipinski definition) is 0. The highest BCUT2D eigenvalue weighted by molar-refractivity contribution is 5.88. The molecule has 0 bridgehead atoms. The standard InChI is InChI=1S/C25H22N6O3/c1-32-18-6-4-5-17(15-18)19-8-10-31(29-19)25-27-21-16-22(20-7-2-3-9-26-20)34-23(21)24(28-25)30-11-13-33-14-12-30/h2-10,15-16H,11-14H2,1H3. The van der Waals surface area contributed by atoms with Gasteiger partial charge in [-0.2, -0.15) is 10.1 Å². The molecular formula is C25H22N6O3. The van der Waals surface area contributed by atoms with Crippen molar-refractivity contribution in [1.29, 1.82) is 0 Å². The Bertz CT molecular complexity index is 1440. The van der Waals surface area contributed by atoms with Crippen molar-refractivity contribution in [3.8, 4) is 34.4 Å². The van der Waals surface area contributed by atoms with E-state index < -0.39 is 0 Å². The number of benzene rings is 1. The van der Waals surface area contributed by atoms with Gasteiger partial charge in [0.05, 0.1) is 26.0 Å². The van der Waals surface area contributed by atoms with Crippen molar-refractivity contribution in [3.63, 3.8) is 0 Å². The molecule has 5 aromatic rings. The van der Waals surface area contributed by atoms with Gasteiger partial charge in [-0.05, 0) is 30.3 Å². The molecule has 0 saturated carbocycles. The molecule has 34 heavy (non-hydrogen) atoms. The van der Waals surface area contributed by atoms with Crippen molar-refractivity contribution < 1.29 is 13.9 Å². The number of rotatable bonds is 5. The Morgan fingerprint density at radius 3 is 2.68 bits per heavy atom. The van der Waals surface area contributed by atoms with Crippen molar-refractivity contribution in [2.24, 2.45) is 0 Å². The fourth-order valence-electron chi connectivity index (χ4n) is 4.00. The Kier molecular flexibility index (Phi) is 5.15. The molecule has 5 heterocycles. The van der Waals surface area contributed by atoms with Gasteiger partial charge in [0.2, 0.25) is 0 Å². The van der Waals surface area contributed by atoms with Crippen molar-refractivity contribution >= 4 is 16.9 Å². The number of aromatic nitrogens is 5. The maximum atomic E-state index is 6.22. The predicted molar refractivity (Wildman–Crippen MR) is 127 cm³/mol. The first-order valence-electron chi connectivity index (χ1n) is 11.0. The third kappa shape index (κ3) is 3.75. The lowest BCUT2D eigenvalue weighted by atomic mass is 10.1. The Morgan fingerprint density at radius 2 is 1.85 bits per heavy atom. The number of methoxy groups -OCH3 is 1. The number of pyridine rings is 1. The normalized spacial score (nSPS) is 14.0. The summed E-state index contributed by atoms with van der Waals surface area (Å²) in [6.45, 7) is 2.71. The van der Waals surface area contributed by atoms with Gasteiger partial charge in [-0.1, -0.05) is 18.2 Å². The van der Waals surface area contributed by atoms with Crippen LogP contribution in [0.3, 0.4) is 0 Å². The third-order valence-electron chi connectivity index (χ3n) is 5.73. The number of furan rings is 1. The zero-order valence-electron chi connectivity index (χ0n) is 18.6. The average Bonchev–Trinajstić information content (AvgIpc) is 3.57. The van der Waals surface area contributed by atoms with Crippen LogP contribution < -0.4 is 9.64 Å². The van der Waals surface area contributed by atoms with Gasteiger partial charge in [0.1, 0.15) is 17.0 Å². The number of hydrogen-bond acceptors (Lipinski definition) is 8. The summed E-state index contributed by atoms with van der Waals surface area (Å²) in [6, 6.07) is 17.3. The van der Waals surface area contributed by atoms with E-state index in [1.165, 1.54) is 0 Å². The summed E-state index contributed by atoms with van der Waals surface area (Å²) in [5, 5.41) is 4.73. The monoisotopic (exact) mass is 454 g/mol. The van der Waals surface area contributed by atoms with Gasteiger partial charge in [0.15, 0.2) is 17.2 Å². The quantitative estimate of drug-likeness (QED) is 0.394. The highest BCUT2D eigenvalue weighted by atomic mass is 16.5. The van der Waals surface area contributed by atoms with Crippen LogP contribution in [-0.4, -0.2) is 58.1 Å². The van der Waals surface area contributed by atoms with Crippen LogP contribution in [0.1, 0.15) is 0 Å².